The highest BCUT2D eigenvalue weighted by Crippen LogP contribution is 2.19. The van der Waals surface area contributed by atoms with Crippen LogP contribution in [0.15, 0.2) is 42.6 Å². The third-order valence-corrected chi connectivity index (χ3v) is 3.33. The molecule has 1 N–H and O–H groups in total. The Labute approximate surface area is 125 Å². The van der Waals surface area contributed by atoms with E-state index in [2.05, 4.69) is 17.2 Å². The lowest BCUT2D eigenvalue weighted by molar-refractivity contribution is 0.0992. The predicted octanol–water partition coefficient (Wildman–Crippen LogP) is 3.49. The van der Waals surface area contributed by atoms with Gasteiger partial charge < -0.3 is 5.32 Å². The van der Waals surface area contributed by atoms with Crippen molar-refractivity contribution in [2.45, 2.75) is 20.3 Å². The Hall–Kier alpha value is -2.36. The first kappa shape index (κ1) is 15.0. The largest absolute Gasteiger partial charge is 0.385 e. The van der Waals surface area contributed by atoms with Crippen LogP contribution in [0.5, 0.6) is 0 Å². The van der Waals surface area contributed by atoms with E-state index in [-0.39, 0.29) is 5.91 Å². The zero-order valence-corrected chi connectivity index (χ0v) is 12.8. The smallest absolute Gasteiger partial charge is 0.259 e. The zero-order chi connectivity index (χ0) is 15.2. The molecule has 1 aromatic heterocycles. The van der Waals surface area contributed by atoms with Gasteiger partial charge in [0.2, 0.25) is 0 Å². The molecule has 0 aliphatic heterocycles. The molecule has 0 aliphatic carbocycles. The number of aromatic nitrogens is 1. The minimum Gasteiger partial charge on any atom is -0.385 e. The zero-order valence-electron chi connectivity index (χ0n) is 12.8. The number of nitrogens with one attached hydrogen (secondary N) is 1. The number of aryl methyl sites for hydroxylation is 1. The first-order valence-electron chi connectivity index (χ1n) is 7.17. The fraction of sp³-hybridized carbons (Fsp3) is 0.294. The molecule has 1 amide bonds. The fourth-order valence-electron chi connectivity index (χ4n) is 2.12. The molecule has 0 atom stereocenters. The monoisotopic (exact) mass is 283 g/mol. The lowest BCUT2D eigenvalue weighted by Gasteiger charge is -2.18. The number of amides is 1. The molecule has 0 unspecified atom stereocenters. The van der Waals surface area contributed by atoms with Crippen LogP contribution < -0.4 is 10.2 Å². The van der Waals surface area contributed by atoms with Crippen molar-refractivity contribution in [3.05, 3.63) is 53.7 Å². The van der Waals surface area contributed by atoms with Crippen molar-refractivity contribution in [1.82, 2.24) is 4.98 Å². The third-order valence-electron chi connectivity index (χ3n) is 3.33. The highest BCUT2D eigenvalue weighted by Gasteiger charge is 2.16. The molecule has 110 valence electrons. The predicted molar refractivity (Wildman–Crippen MR) is 86.9 cm³/mol. The van der Waals surface area contributed by atoms with Crippen LogP contribution in [0, 0.1) is 6.92 Å². The maximum Gasteiger partial charge on any atom is 0.259 e. The topological polar surface area (TPSA) is 45.2 Å². The van der Waals surface area contributed by atoms with Crippen LogP contribution in [0.25, 0.3) is 0 Å². The van der Waals surface area contributed by atoms with E-state index in [1.165, 1.54) is 0 Å². The van der Waals surface area contributed by atoms with Crippen LogP contribution in [-0.4, -0.2) is 24.5 Å². The molecule has 0 spiro atoms. The van der Waals surface area contributed by atoms with Crippen LogP contribution in [0.3, 0.4) is 0 Å². The summed E-state index contributed by atoms with van der Waals surface area (Å²) in [6.45, 7) is 5.01. The van der Waals surface area contributed by atoms with E-state index in [1.54, 1.807) is 18.1 Å². The summed E-state index contributed by atoms with van der Waals surface area (Å²) < 4.78 is 0. The Morgan fingerprint density at radius 1 is 1.29 bits per heavy atom. The van der Waals surface area contributed by atoms with E-state index in [4.69, 9.17) is 0 Å². The van der Waals surface area contributed by atoms with Gasteiger partial charge in [0.25, 0.3) is 5.91 Å². The second-order valence-electron chi connectivity index (χ2n) is 5.01. The van der Waals surface area contributed by atoms with Gasteiger partial charge in [-0.1, -0.05) is 13.0 Å². The molecule has 4 nitrogen and oxygen atoms in total. The summed E-state index contributed by atoms with van der Waals surface area (Å²) in [5.41, 5.74) is 2.71. The summed E-state index contributed by atoms with van der Waals surface area (Å²) >= 11 is 0. The lowest BCUT2D eigenvalue weighted by atomic mass is 10.1. The second-order valence-corrected chi connectivity index (χ2v) is 5.01. The van der Waals surface area contributed by atoms with Crippen molar-refractivity contribution >= 4 is 17.4 Å². The standard InChI is InChI=1S/C17H21N3O/c1-4-10-18-14-8-9-15(13(2)12-14)17(21)20(3)16-7-5-6-11-19-16/h5-9,11-12,18H,4,10H2,1-3H3. The minimum atomic E-state index is -0.0479. The maximum atomic E-state index is 12.6. The highest BCUT2D eigenvalue weighted by atomic mass is 16.2. The summed E-state index contributed by atoms with van der Waals surface area (Å²) in [4.78, 5) is 18.3. The van der Waals surface area contributed by atoms with Crippen LogP contribution in [0.1, 0.15) is 29.3 Å². The second kappa shape index (κ2) is 6.88. The van der Waals surface area contributed by atoms with E-state index in [1.807, 2.05) is 43.3 Å². The number of benzene rings is 1. The van der Waals surface area contributed by atoms with Crippen LogP contribution in [-0.2, 0) is 0 Å². The average molecular weight is 283 g/mol. The normalized spacial score (nSPS) is 10.2. The van der Waals surface area contributed by atoms with Crippen LogP contribution in [0.4, 0.5) is 11.5 Å². The molecule has 1 aromatic carbocycles. The highest BCUT2D eigenvalue weighted by molar-refractivity contribution is 6.06. The van der Waals surface area contributed by atoms with Gasteiger partial charge in [0, 0.05) is 31.0 Å². The Morgan fingerprint density at radius 2 is 2.10 bits per heavy atom. The molecule has 0 saturated heterocycles. The Balaban J connectivity index is 2.19. The van der Waals surface area contributed by atoms with Crippen molar-refractivity contribution in [2.75, 3.05) is 23.8 Å². The molecule has 0 aliphatic rings. The van der Waals surface area contributed by atoms with Crippen molar-refractivity contribution in [1.29, 1.82) is 0 Å². The number of pyridine rings is 1. The molecule has 0 fully saturated rings. The Kier molecular flexibility index (Phi) is 4.93. The van der Waals surface area contributed by atoms with Gasteiger partial charge in [-0.25, -0.2) is 4.98 Å². The van der Waals surface area contributed by atoms with Crippen molar-refractivity contribution in [3.63, 3.8) is 0 Å². The van der Waals surface area contributed by atoms with Crippen molar-refractivity contribution < 1.29 is 4.79 Å². The average Bonchev–Trinajstić information content (AvgIpc) is 2.52. The van der Waals surface area contributed by atoms with E-state index in [0.29, 0.717) is 11.4 Å². The number of anilines is 2. The number of rotatable bonds is 5. The number of carbonyl (C=O) groups is 1. The number of hydrogen-bond donors (Lipinski definition) is 1. The van der Waals surface area contributed by atoms with Crippen molar-refractivity contribution in [3.8, 4) is 0 Å². The molecule has 0 radical (unpaired) electrons. The summed E-state index contributed by atoms with van der Waals surface area (Å²) in [7, 11) is 1.74. The van der Waals surface area contributed by atoms with Gasteiger partial charge in [0.15, 0.2) is 0 Å². The molecular weight excluding hydrogens is 262 g/mol. The third kappa shape index (κ3) is 3.60. The summed E-state index contributed by atoms with van der Waals surface area (Å²) in [5, 5.41) is 3.32. The Morgan fingerprint density at radius 3 is 2.71 bits per heavy atom. The fourth-order valence-corrected chi connectivity index (χ4v) is 2.12. The first-order valence-corrected chi connectivity index (χ1v) is 7.17. The van der Waals surface area contributed by atoms with Gasteiger partial charge in [0.1, 0.15) is 5.82 Å². The summed E-state index contributed by atoms with van der Waals surface area (Å²) in [6.07, 6.45) is 2.76. The van der Waals surface area contributed by atoms with Crippen molar-refractivity contribution in [2.24, 2.45) is 0 Å². The molecule has 1 heterocycles. The van der Waals surface area contributed by atoms with Gasteiger partial charge in [-0.15, -0.1) is 0 Å². The number of carbonyl (C=O) groups excluding carboxylic acids is 1. The SMILES string of the molecule is CCCNc1ccc(C(=O)N(C)c2ccccn2)c(C)c1. The minimum absolute atomic E-state index is 0.0479. The summed E-state index contributed by atoms with van der Waals surface area (Å²) in [6, 6.07) is 11.4. The molecule has 21 heavy (non-hydrogen) atoms. The quantitative estimate of drug-likeness (QED) is 0.913. The molecule has 0 saturated carbocycles. The van der Waals surface area contributed by atoms with E-state index >= 15 is 0 Å². The molecule has 4 heteroatoms. The molecule has 2 rings (SSSR count). The van der Waals surface area contributed by atoms with E-state index in [9.17, 15) is 4.79 Å². The first-order chi connectivity index (χ1) is 10.1. The molecule has 2 aromatic rings. The van der Waals surface area contributed by atoms with Crippen LogP contribution in [0.2, 0.25) is 0 Å². The maximum absolute atomic E-state index is 12.6. The number of nitrogens with zero attached hydrogens (tertiary/aromatic N) is 2. The van der Waals surface area contributed by atoms with E-state index < -0.39 is 0 Å². The number of hydrogen-bond acceptors (Lipinski definition) is 3. The lowest BCUT2D eigenvalue weighted by Crippen LogP contribution is -2.27. The molecule has 0 bridgehead atoms. The van der Waals surface area contributed by atoms with Gasteiger partial charge in [-0.2, -0.15) is 0 Å². The summed E-state index contributed by atoms with van der Waals surface area (Å²) in [5.74, 6) is 0.600. The van der Waals surface area contributed by atoms with Gasteiger partial charge >= 0.3 is 0 Å². The molecular formula is C17H21N3O. The van der Waals surface area contributed by atoms with Gasteiger partial charge in [-0.3, -0.25) is 9.69 Å². The van der Waals surface area contributed by atoms with E-state index in [0.717, 1.165) is 24.2 Å². The Bertz CT molecular complexity index is 611. The van der Waals surface area contributed by atoms with Crippen LogP contribution >= 0.6 is 0 Å². The van der Waals surface area contributed by atoms with Gasteiger partial charge in [-0.05, 0) is 49.2 Å². The van der Waals surface area contributed by atoms with Gasteiger partial charge in [0.05, 0.1) is 0 Å².